The van der Waals surface area contributed by atoms with Crippen molar-refractivity contribution < 1.29 is 13.6 Å². The number of alkyl halides is 2. The van der Waals surface area contributed by atoms with Crippen LogP contribution in [0.5, 0.6) is 0 Å². The first-order valence-corrected chi connectivity index (χ1v) is 9.41. The Balaban J connectivity index is 1.57. The van der Waals surface area contributed by atoms with Gasteiger partial charge in [-0.1, -0.05) is 20.3 Å². The number of amides is 1. The van der Waals surface area contributed by atoms with Crippen LogP contribution in [-0.4, -0.2) is 21.6 Å². The standard InChI is InChI=1S/C19H27F2N3O/c1-18(2)7-12(8-18)15-14(11-5-4-6-11)16(24(3)23-15)22-17(25)13-9-19(20,21)10-13/h11-13H,4-10H2,1-3H3,(H,22,25). The van der Waals surface area contributed by atoms with Crippen molar-refractivity contribution in [2.45, 2.75) is 76.6 Å². The summed E-state index contributed by atoms with van der Waals surface area (Å²) in [7, 11) is 1.85. The van der Waals surface area contributed by atoms with Gasteiger partial charge in [-0.05, 0) is 37.0 Å². The van der Waals surface area contributed by atoms with Gasteiger partial charge in [-0.2, -0.15) is 5.10 Å². The summed E-state index contributed by atoms with van der Waals surface area (Å²) in [6.45, 7) is 4.55. The number of hydrogen-bond donors (Lipinski definition) is 1. The Bertz CT molecular complexity index is 690. The zero-order valence-electron chi connectivity index (χ0n) is 15.2. The SMILES string of the molecule is Cn1nc(C2CC(C)(C)C2)c(C2CCC2)c1NC(=O)C1CC(F)(F)C1. The van der Waals surface area contributed by atoms with E-state index in [9.17, 15) is 13.6 Å². The highest BCUT2D eigenvalue weighted by molar-refractivity contribution is 5.93. The quantitative estimate of drug-likeness (QED) is 0.863. The monoisotopic (exact) mass is 351 g/mol. The van der Waals surface area contributed by atoms with Gasteiger partial charge in [0.1, 0.15) is 5.82 Å². The van der Waals surface area contributed by atoms with E-state index in [-0.39, 0.29) is 18.7 Å². The summed E-state index contributed by atoms with van der Waals surface area (Å²) in [6.07, 6.45) is 5.02. The largest absolute Gasteiger partial charge is 0.310 e. The van der Waals surface area contributed by atoms with Gasteiger partial charge in [-0.15, -0.1) is 0 Å². The van der Waals surface area contributed by atoms with Gasteiger partial charge in [-0.3, -0.25) is 9.48 Å². The molecular formula is C19H27F2N3O. The highest BCUT2D eigenvalue weighted by Gasteiger charge is 2.49. The molecule has 138 valence electrons. The molecule has 6 heteroatoms. The first kappa shape index (κ1) is 17.0. The molecule has 1 amide bonds. The molecular weight excluding hydrogens is 324 g/mol. The van der Waals surface area contributed by atoms with Crippen LogP contribution >= 0.6 is 0 Å². The van der Waals surface area contributed by atoms with E-state index < -0.39 is 11.8 Å². The van der Waals surface area contributed by atoms with Gasteiger partial charge in [0.25, 0.3) is 0 Å². The van der Waals surface area contributed by atoms with E-state index in [1.165, 1.54) is 12.0 Å². The van der Waals surface area contributed by atoms with E-state index >= 15 is 0 Å². The molecule has 3 aliphatic carbocycles. The summed E-state index contributed by atoms with van der Waals surface area (Å²) in [4.78, 5) is 12.4. The topological polar surface area (TPSA) is 46.9 Å². The summed E-state index contributed by atoms with van der Waals surface area (Å²) < 4.78 is 27.9. The molecule has 0 aliphatic heterocycles. The molecule has 1 N–H and O–H groups in total. The number of anilines is 1. The molecule has 25 heavy (non-hydrogen) atoms. The van der Waals surface area contributed by atoms with E-state index in [2.05, 4.69) is 19.2 Å². The summed E-state index contributed by atoms with van der Waals surface area (Å²) in [5, 5.41) is 7.68. The fraction of sp³-hybridized carbons (Fsp3) is 0.789. The number of nitrogens with one attached hydrogen (secondary N) is 1. The maximum atomic E-state index is 13.1. The molecule has 3 aliphatic rings. The molecule has 0 radical (unpaired) electrons. The van der Waals surface area contributed by atoms with Crippen molar-refractivity contribution in [3.63, 3.8) is 0 Å². The van der Waals surface area contributed by atoms with Crippen LogP contribution in [0.1, 0.15) is 81.9 Å². The number of aryl methyl sites for hydroxylation is 1. The maximum Gasteiger partial charge on any atom is 0.249 e. The van der Waals surface area contributed by atoms with Crippen molar-refractivity contribution >= 4 is 11.7 Å². The Kier molecular flexibility index (Phi) is 3.75. The smallest absolute Gasteiger partial charge is 0.249 e. The Morgan fingerprint density at radius 2 is 1.80 bits per heavy atom. The molecule has 0 aromatic carbocycles. The molecule has 1 aromatic rings. The molecule has 1 heterocycles. The van der Waals surface area contributed by atoms with E-state index in [0.29, 0.717) is 17.3 Å². The van der Waals surface area contributed by atoms with Crippen LogP contribution in [-0.2, 0) is 11.8 Å². The number of hydrogen-bond acceptors (Lipinski definition) is 2. The summed E-state index contributed by atoms with van der Waals surface area (Å²) >= 11 is 0. The van der Waals surface area contributed by atoms with E-state index in [1.807, 2.05) is 7.05 Å². The lowest BCUT2D eigenvalue weighted by atomic mass is 9.62. The number of nitrogens with zero attached hydrogens (tertiary/aromatic N) is 2. The van der Waals surface area contributed by atoms with Crippen molar-refractivity contribution in [1.82, 2.24) is 9.78 Å². The lowest BCUT2D eigenvalue weighted by molar-refractivity contribution is -0.145. The number of halogens is 2. The molecule has 0 saturated heterocycles. The number of carbonyl (C=O) groups excluding carboxylic acids is 1. The molecule has 3 fully saturated rings. The second-order valence-electron chi connectivity index (χ2n) is 9.12. The number of rotatable bonds is 4. The third-order valence-electron chi connectivity index (χ3n) is 6.31. The van der Waals surface area contributed by atoms with Crippen molar-refractivity contribution in [3.05, 3.63) is 11.3 Å². The van der Waals surface area contributed by atoms with Crippen LogP contribution in [0.2, 0.25) is 0 Å². The second kappa shape index (κ2) is 5.52. The van der Waals surface area contributed by atoms with Gasteiger partial charge < -0.3 is 5.32 Å². The van der Waals surface area contributed by atoms with Gasteiger partial charge >= 0.3 is 0 Å². The van der Waals surface area contributed by atoms with Gasteiger partial charge in [0.15, 0.2) is 0 Å². The summed E-state index contributed by atoms with van der Waals surface area (Å²) in [5.41, 5.74) is 2.66. The number of aromatic nitrogens is 2. The molecule has 0 spiro atoms. The average Bonchev–Trinajstić information content (AvgIpc) is 2.69. The molecule has 0 unspecified atom stereocenters. The fourth-order valence-corrected chi connectivity index (χ4v) is 4.64. The minimum absolute atomic E-state index is 0.282. The molecule has 1 aromatic heterocycles. The summed E-state index contributed by atoms with van der Waals surface area (Å²) in [5.74, 6) is -1.89. The van der Waals surface area contributed by atoms with Crippen LogP contribution in [0.25, 0.3) is 0 Å². The van der Waals surface area contributed by atoms with Crippen LogP contribution in [0, 0.1) is 11.3 Å². The minimum atomic E-state index is -2.67. The first-order chi connectivity index (χ1) is 11.7. The van der Waals surface area contributed by atoms with E-state index in [1.54, 1.807) is 4.68 Å². The predicted octanol–water partition coefficient (Wildman–Crippen LogP) is 4.58. The zero-order chi connectivity index (χ0) is 18.0. The normalized spacial score (nSPS) is 25.8. The van der Waals surface area contributed by atoms with Crippen LogP contribution in [0.3, 0.4) is 0 Å². The first-order valence-electron chi connectivity index (χ1n) is 9.41. The second-order valence-corrected chi connectivity index (χ2v) is 9.12. The Morgan fingerprint density at radius 1 is 1.16 bits per heavy atom. The number of carbonyl (C=O) groups is 1. The van der Waals surface area contributed by atoms with E-state index in [4.69, 9.17) is 5.10 Å². The van der Waals surface area contributed by atoms with Crippen molar-refractivity contribution in [2.75, 3.05) is 5.32 Å². The van der Waals surface area contributed by atoms with Gasteiger partial charge in [0.05, 0.1) is 5.69 Å². The predicted molar refractivity (Wildman–Crippen MR) is 91.9 cm³/mol. The molecule has 0 bridgehead atoms. The Labute approximate surface area is 147 Å². The van der Waals surface area contributed by atoms with Crippen LogP contribution < -0.4 is 5.32 Å². The van der Waals surface area contributed by atoms with Crippen molar-refractivity contribution in [3.8, 4) is 0 Å². The highest BCUT2D eigenvalue weighted by atomic mass is 19.3. The lowest BCUT2D eigenvalue weighted by Gasteiger charge is -2.43. The van der Waals surface area contributed by atoms with Gasteiger partial charge in [0.2, 0.25) is 11.8 Å². The third kappa shape index (κ3) is 2.97. The van der Waals surface area contributed by atoms with Crippen molar-refractivity contribution in [1.29, 1.82) is 0 Å². The fourth-order valence-electron chi connectivity index (χ4n) is 4.64. The minimum Gasteiger partial charge on any atom is -0.310 e. The van der Waals surface area contributed by atoms with E-state index in [0.717, 1.165) is 37.2 Å². The van der Waals surface area contributed by atoms with Gasteiger partial charge in [-0.25, -0.2) is 8.78 Å². The molecule has 4 rings (SSSR count). The lowest BCUT2D eigenvalue weighted by Crippen LogP contribution is -2.42. The third-order valence-corrected chi connectivity index (χ3v) is 6.31. The maximum absolute atomic E-state index is 13.1. The Hall–Kier alpha value is -1.46. The zero-order valence-corrected chi connectivity index (χ0v) is 15.2. The average molecular weight is 351 g/mol. The molecule has 0 atom stereocenters. The van der Waals surface area contributed by atoms with Crippen molar-refractivity contribution in [2.24, 2.45) is 18.4 Å². The summed E-state index contributed by atoms with van der Waals surface area (Å²) in [6, 6.07) is 0. The van der Waals surface area contributed by atoms with Crippen LogP contribution in [0.4, 0.5) is 14.6 Å². The Morgan fingerprint density at radius 3 is 2.28 bits per heavy atom. The van der Waals surface area contributed by atoms with Crippen LogP contribution in [0.15, 0.2) is 0 Å². The molecule has 4 nitrogen and oxygen atoms in total. The highest BCUT2D eigenvalue weighted by Crippen LogP contribution is 2.54. The van der Waals surface area contributed by atoms with Gasteiger partial charge in [0, 0.05) is 37.3 Å². The molecule has 3 saturated carbocycles.